The van der Waals surface area contributed by atoms with Gasteiger partial charge in [-0.25, -0.2) is 0 Å². The second-order valence-electron chi connectivity index (χ2n) is 4.58. The summed E-state index contributed by atoms with van der Waals surface area (Å²) in [6.45, 7) is 5.68. The summed E-state index contributed by atoms with van der Waals surface area (Å²) in [6.07, 6.45) is 6.25. The molecule has 0 amide bonds. The van der Waals surface area contributed by atoms with E-state index in [-0.39, 0.29) is 13.8 Å². The Morgan fingerprint density at radius 1 is 1.10 bits per heavy atom. The molecule has 0 atom stereocenters. The standard InChI is InChI=1S/C16H24O2S2Se/c1-3-5-6-7-8-13-18-16(19)20-21-15-11-9-14(10-12-15)17-4-2/h9-12H,3-8,13H2,1-2H3. The maximum atomic E-state index is 5.59. The number of thiocarbonyl (C=S) groups is 1. The van der Waals surface area contributed by atoms with E-state index in [0.29, 0.717) is 11.0 Å². The van der Waals surface area contributed by atoms with Crippen LogP contribution in [0.4, 0.5) is 0 Å². The third-order valence-corrected chi connectivity index (χ3v) is 7.68. The fraction of sp³-hybridized carbons (Fsp3) is 0.562. The fourth-order valence-electron chi connectivity index (χ4n) is 1.73. The monoisotopic (exact) mass is 392 g/mol. The van der Waals surface area contributed by atoms with Crippen LogP contribution in [-0.2, 0) is 4.74 Å². The van der Waals surface area contributed by atoms with Crippen molar-refractivity contribution in [1.82, 2.24) is 0 Å². The number of benzene rings is 1. The van der Waals surface area contributed by atoms with Crippen LogP contribution in [0.3, 0.4) is 0 Å². The first kappa shape index (κ1) is 18.8. The van der Waals surface area contributed by atoms with Crippen molar-refractivity contribution in [2.24, 2.45) is 0 Å². The van der Waals surface area contributed by atoms with Gasteiger partial charge in [0.15, 0.2) is 0 Å². The Kier molecular flexibility index (Phi) is 11.1. The first-order valence-corrected chi connectivity index (χ1v) is 11.6. The van der Waals surface area contributed by atoms with E-state index in [0.717, 1.165) is 18.8 Å². The van der Waals surface area contributed by atoms with Gasteiger partial charge in [-0.2, -0.15) is 0 Å². The molecule has 1 rings (SSSR count). The van der Waals surface area contributed by atoms with E-state index in [4.69, 9.17) is 21.7 Å². The molecule has 0 bridgehead atoms. The Morgan fingerprint density at radius 2 is 1.81 bits per heavy atom. The normalized spacial score (nSPS) is 10.4. The van der Waals surface area contributed by atoms with Crippen LogP contribution < -0.4 is 9.20 Å². The summed E-state index contributed by atoms with van der Waals surface area (Å²) in [5, 5.41) is 0. The molecule has 0 unspecified atom stereocenters. The Bertz CT molecular complexity index is 396. The first-order chi connectivity index (χ1) is 10.3. The van der Waals surface area contributed by atoms with Gasteiger partial charge < -0.3 is 0 Å². The topological polar surface area (TPSA) is 18.5 Å². The van der Waals surface area contributed by atoms with E-state index < -0.39 is 0 Å². The molecule has 0 aliphatic carbocycles. The third-order valence-electron chi connectivity index (χ3n) is 2.81. The number of ether oxygens (including phenoxy) is 2. The van der Waals surface area contributed by atoms with E-state index in [1.54, 1.807) is 10.2 Å². The van der Waals surface area contributed by atoms with Crippen molar-refractivity contribution >= 4 is 45.1 Å². The van der Waals surface area contributed by atoms with Crippen molar-refractivity contribution in [3.8, 4) is 5.75 Å². The Morgan fingerprint density at radius 3 is 2.48 bits per heavy atom. The molecule has 0 radical (unpaired) electrons. The average molecular weight is 391 g/mol. The van der Waals surface area contributed by atoms with Gasteiger partial charge in [-0.15, -0.1) is 0 Å². The SMILES string of the molecule is CCCCCCCOC(=S)S[Se]c1ccc(OCC)cc1. The zero-order chi connectivity index (χ0) is 15.3. The van der Waals surface area contributed by atoms with Gasteiger partial charge in [0.2, 0.25) is 0 Å². The molecule has 0 heterocycles. The number of hydrogen-bond acceptors (Lipinski definition) is 4. The third kappa shape index (κ3) is 9.41. The van der Waals surface area contributed by atoms with Gasteiger partial charge in [0.05, 0.1) is 0 Å². The van der Waals surface area contributed by atoms with E-state index in [2.05, 4.69) is 19.1 Å². The van der Waals surface area contributed by atoms with Crippen molar-refractivity contribution < 1.29 is 9.47 Å². The molecule has 0 aromatic heterocycles. The van der Waals surface area contributed by atoms with Gasteiger partial charge in [-0.05, 0) is 0 Å². The Balaban J connectivity index is 2.12. The summed E-state index contributed by atoms with van der Waals surface area (Å²) in [7, 11) is 1.65. The van der Waals surface area contributed by atoms with Crippen molar-refractivity contribution in [3.05, 3.63) is 24.3 Å². The average Bonchev–Trinajstić information content (AvgIpc) is 2.50. The van der Waals surface area contributed by atoms with Crippen LogP contribution in [0.1, 0.15) is 46.0 Å². The summed E-state index contributed by atoms with van der Waals surface area (Å²) in [4.78, 5) is 0. The van der Waals surface area contributed by atoms with Gasteiger partial charge in [0, 0.05) is 0 Å². The van der Waals surface area contributed by atoms with Gasteiger partial charge in [0.1, 0.15) is 0 Å². The Hall–Kier alpha value is -0.221. The number of unbranched alkanes of at least 4 members (excludes halogenated alkanes) is 4. The van der Waals surface area contributed by atoms with Gasteiger partial charge in [0.25, 0.3) is 0 Å². The van der Waals surface area contributed by atoms with Crippen LogP contribution in [0.25, 0.3) is 0 Å². The van der Waals surface area contributed by atoms with Crippen LogP contribution in [0.2, 0.25) is 0 Å². The van der Waals surface area contributed by atoms with Gasteiger partial charge in [-0.3, -0.25) is 0 Å². The molecule has 1 aromatic rings. The van der Waals surface area contributed by atoms with E-state index in [9.17, 15) is 0 Å². The Labute approximate surface area is 143 Å². The second kappa shape index (κ2) is 12.3. The second-order valence-corrected chi connectivity index (χ2v) is 9.00. The molecule has 0 fully saturated rings. The molecule has 0 saturated heterocycles. The molecule has 0 spiro atoms. The summed E-state index contributed by atoms with van der Waals surface area (Å²) in [6, 6.07) is 8.23. The number of hydrogen-bond donors (Lipinski definition) is 0. The molecule has 0 aliphatic heterocycles. The predicted octanol–water partition coefficient (Wildman–Crippen LogP) is 4.33. The van der Waals surface area contributed by atoms with Gasteiger partial charge >= 0.3 is 144 Å². The zero-order valence-corrected chi connectivity index (χ0v) is 16.1. The summed E-state index contributed by atoms with van der Waals surface area (Å²) >= 11 is 5.52. The zero-order valence-electron chi connectivity index (χ0n) is 12.8. The predicted molar refractivity (Wildman–Crippen MR) is 97.9 cm³/mol. The van der Waals surface area contributed by atoms with Crippen LogP contribution >= 0.6 is 22.4 Å². The maximum absolute atomic E-state index is 5.59. The van der Waals surface area contributed by atoms with Crippen molar-refractivity contribution in [2.45, 2.75) is 46.0 Å². The summed E-state index contributed by atoms with van der Waals surface area (Å²) in [5.74, 6) is 0.924. The van der Waals surface area contributed by atoms with Crippen molar-refractivity contribution in [2.75, 3.05) is 13.2 Å². The van der Waals surface area contributed by atoms with Crippen LogP contribution in [0.15, 0.2) is 24.3 Å². The molecule has 21 heavy (non-hydrogen) atoms. The fourth-order valence-corrected chi connectivity index (χ4v) is 5.07. The van der Waals surface area contributed by atoms with E-state index >= 15 is 0 Å². The van der Waals surface area contributed by atoms with E-state index in [1.807, 2.05) is 19.1 Å². The summed E-state index contributed by atoms with van der Waals surface area (Å²) < 4.78 is 13.0. The molecule has 118 valence electrons. The molecule has 1 aromatic carbocycles. The van der Waals surface area contributed by atoms with Crippen molar-refractivity contribution in [3.63, 3.8) is 0 Å². The van der Waals surface area contributed by atoms with Crippen LogP contribution in [-0.4, -0.2) is 31.4 Å². The molecular weight excluding hydrogens is 367 g/mol. The van der Waals surface area contributed by atoms with Crippen LogP contribution in [0.5, 0.6) is 5.75 Å². The minimum atomic E-state index is 0.268. The molecular formula is C16H24O2S2Se. The number of rotatable bonds is 10. The molecule has 0 aliphatic rings. The molecule has 0 saturated carbocycles. The van der Waals surface area contributed by atoms with Gasteiger partial charge in [-0.1, -0.05) is 0 Å². The van der Waals surface area contributed by atoms with Crippen molar-refractivity contribution in [1.29, 1.82) is 0 Å². The molecule has 0 N–H and O–H groups in total. The summed E-state index contributed by atoms with van der Waals surface area (Å²) in [5.41, 5.74) is 0. The molecule has 2 nitrogen and oxygen atoms in total. The minimum absolute atomic E-state index is 0.268. The first-order valence-electron chi connectivity index (χ1n) is 7.50. The van der Waals surface area contributed by atoms with Crippen LogP contribution in [0, 0.1) is 0 Å². The van der Waals surface area contributed by atoms with E-state index in [1.165, 1.54) is 30.1 Å². The molecule has 5 heteroatoms. The quantitative estimate of drug-likeness (QED) is 0.336.